The van der Waals surface area contributed by atoms with Crippen molar-refractivity contribution >= 4 is 10.8 Å². The van der Waals surface area contributed by atoms with E-state index in [0.29, 0.717) is 5.92 Å². The van der Waals surface area contributed by atoms with Crippen molar-refractivity contribution in [3.8, 4) is 6.07 Å². The summed E-state index contributed by atoms with van der Waals surface area (Å²) in [5.41, 5.74) is 2.19. The number of nitriles is 1. The zero-order valence-electron chi connectivity index (χ0n) is 10.3. The maximum atomic E-state index is 9.18. The zero-order valence-corrected chi connectivity index (χ0v) is 10.3. The Morgan fingerprint density at radius 1 is 1.00 bits per heavy atom. The maximum absolute atomic E-state index is 9.18. The van der Waals surface area contributed by atoms with Gasteiger partial charge >= 0.3 is 0 Å². The minimum Gasteiger partial charge on any atom is -0.317 e. The van der Waals surface area contributed by atoms with Crippen LogP contribution in [0.5, 0.6) is 0 Å². The van der Waals surface area contributed by atoms with Gasteiger partial charge in [0.25, 0.3) is 0 Å². The van der Waals surface area contributed by atoms with E-state index in [0.717, 1.165) is 24.0 Å². The third-order valence-corrected chi connectivity index (χ3v) is 3.86. The molecule has 1 aliphatic rings. The van der Waals surface area contributed by atoms with E-state index < -0.39 is 0 Å². The molecule has 0 radical (unpaired) electrons. The normalized spacial score (nSPS) is 16.6. The highest BCUT2D eigenvalue weighted by atomic mass is 14.9. The van der Waals surface area contributed by atoms with E-state index in [1.165, 1.54) is 23.8 Å². The molecule has 1 fully saturated rings. The summed E-state index contributed by atoms with van der Waals surface area (Å²) in [5.74, 6) is 0.629. The average Bonchev–Trinajstić information content (AvgIpc) is 2.47. The topological polar surface area (TPSA) is 35.8 Å². The summed E-state index contributed by atoms with van der Waals surface area (Å²) >= 11 is 0. The van der Waals surface area contributed by atoms with Crippen molar-refractivity contribution < 1.29 is 0 Å². The Balaban J connectivity index is 2.15. The van der Waals surface area contributed by atoms with E-state index in [1.807, 2.05) is 12.1 Å². The summed E-state index contributed by atoms with van der Waals surface area (Å²) in [6, 6.07) is 14.7. The number of nitrogens with one attached hydrogen (secondary N) is 1. The van der Waals surface area contributed by atoms with E-state index in [9.17, 15) is 5.26 Å². The molecule has 3 rings (SSSR count). The highest BCUT2D eigenvalue weighted by molar-refractivity contribution is 5.91. The van der Waals surface area contributed by atoms with E-state index in [4.69, 9.17) is 0 Å². The van der Waals surface area contributed by atoms with Crippen LogP contribution in [0.15, 0.2) is 36.4 Å². The van der Waals surface area contributed by atoms with Crippen LogP contribution in [-0.4, -0.2) is 13.1 Å². The molecule has 18 heavy (non-hydrogen) atoms. The van der Waals surface area contributed by atoms with Crippen LogP contribution in [0.3, 0.4) is 0 Å². The number of fused-ring (bicyclic) bond motifs is 1. The van der Waals surface area contributed by atoms with Crippen molar-refractivity contribution in [3.05, 3.63) is 47.5 Å². The molecule has 1 saturated heterocycles. The van der Waals surface area contributed by atoms with E-state index in [2.05, 4.69) is 35.7 Å². The molecule has 1 heterocycles. The molecule has 2 aromatic carbocycles. The van der Waals surface area contributed by atoms with Gasteiger partial charge in [-0.1, -0.05) is 30.3 Å². The second-order valence-corrected chi connectivity index (χ2v) is 4.88. The highest BCUT2D eigenvalue weighted by Gasteiger charge is 2.17. The summed E-state index contributed by atoms with van der Waals surface area (Å²) in [6.07, 6.45) is 2.38. The number of benzene rings is 2. The first-order valence-corrected chi connectivity index (χ1v) is 6.52. The highest BCUT2D eigenvalue weighted by Crippen LogP contribution is 2.32. The van der Waals surface area contributed by atoms with Gasteiger partial charge in [-0.3, -0.25) is 0 Å². The molecule has 0 aliphatic carbocycles. The molecule has 0 atom stereocenters. The second-order valence-electron chi connectivity index (χ2n) is 4.88. The maximum Gasteiger partial charge on any atom is 0.0998 e. The number of hydrogen-bond acceptors (Lipinski definition) is 2. The van der Waals surface area contributed by atoms with Gasteiger partial charge in [-0.15, -0.1) is 0 Å². The van der Waals surface area contributed by atoms with Gasteiger partial charge in [0.05, 0.1) is 11.6 Å². The molecule has 0 aromatic heterocycles. The minimum atomic E-state index is 0.629. The predicted octanol–water partition coefficient (Wildman–Crippen LogP) is 3.18. The monoisotopic (exact) mass is 236 g/mol. The van der Waals surface area contributed by atoms with Gasteiger partial charge in [-0.05, 0) is 54.3 Å². The lowest BCUT2D eigenvalue weighted by Gasteiger charge is -2.24. The van der Waals surface area contributed by atoms with Crippen molar-refractivity contribution in [1.82, 2.24) is 5.32 Å². The van der Waals surface area contributed by atoms with Gasteiger partial charge < -0.3 is 5.32 Å². The summed E-state index contributed by atoms with van der Waals surface area (Å²) in [6.45, 7) is 2.19. The molecule has 0 spiro atoms. The van der Waals surface area contributed by atoms with Crippen LogP contribution in [0.4, 0.5) is 0 Å². The molecule has 2 heteroatoms. The van der Waals surface area contributed by atoms with Crippen LogP contribution in [0.25, 0.3) is 10.8 Å². The molecule has 0 amide bonds. The molecule has 2 nitrogen and oxygen atoms in total. The second kappa shape index (κ2) is 4.80. The summed E-state index contributed by atoms with van der Waals surface area (Å²) in [5, 5.41) is 14.9. The summed E-state index contributed by atoms with van der Waals surface area (Å²) in [7, 11) is 0. The fourth-order valence-electron chi connectivity index (χ4n) is 2.91. The Bertz CT molecular complexity index is 604. The number of piperidine rings is 1. The molecule has 1 N–H and O–H groups in total. The Kier molecular flexibility index (Phi) is 3.00. The van der Waals surface area contributed by atoms with Gasteiger partial charge in [-0.25, -0.2) is 0 Å². The van der Waals surface area contributed by atoms with Gasteiger partial charge in [0.15, 0.2) is 0 Å². The molecule has 90 valence electrons. The lowest BCUT2D eigenvalue weighted by molar-refractivity contribution is 0.462. The molecule has 1 aliphatic heterocycles. The first-order valence-electron chi connectivity index (χ1n) is 6.52. The van der Waals surface area contributed by atoms with Crippen LogP contribution in [0.2, 0.25) is 0 Å². The molecule has 0 unspecified atom stereocenters. The molecular formula is C16H16N2. The van der Waals surface area contributed by atoms with Gasteiger partial charge in [0.1, 0.15) is 0 Å². The van der Waals surface area contributed by atoms with Crippen molar-refractivity contribution in [1.29, 1.82) is 5.26 Å². The molecule has 2 aromatic rings. The SMILES string of the molecule is N#Cc1ccc(C2CCNCC2)c2ccccc12. The van der Waals surface area contributed by atoms with Gasteiger partial charge in [-0.2, -0.15) is 5.26 Å². The van der Waals surface area contributed by atoms with Crippen LogP contribution in [-0.2, 0) is 0 Å². The smallest absolute Gasteiger partial charge is 0.0998 e. The lowest BCUT2D eigenvalue weighted by Crippen LogP contribution is -2.26. The first-order chi connectivity index (χ1) is 8.90. The zero-order chi connectivity index (χ0) is 12.4. The minimum absolute atomic E-state index is 0.629. The summed E-state index contributed by atoms with van der Waals surface area (Å²) < 4.78 is 0. The molecule has 0 saturated carbocycles. The van der Waals surface area contributed by atoms with E-state index in [-0.39, 0.29) is 0 Å². The van der Waals surface area contributed by atoms with Crippen molar-refractivity contribution in [2.45, 2.75) is 18.8 Å². The Morgan fingerprint density at radius 3 is 2.44 bits per heavy atom. The third-order valence-electron chi connectivity index (χ3n) is 3.86. The van der Waals surface area contributed by atoms with Crippen LogP contribution >= 0.6 is 0 Å². The van der Waals surface area contributed by atoms with Crippen molar-refractivity contribution in [2.75, 3.05) is 13.1 Å². The van der Waals surface area contributed by atoms with Crippen molar-refractivity contribution in [2.24, 2.45) is 0 Å². The van der Waals surface area contributed by atoms with Crippen LogP contribution in [0, 0.1) is 11.3 Å². The van der Waals surface area contributed by atoms with Crippen LogP contribution < -0.4 is 5.32 Å². The van der Waals surface area contributed by atoms with Gasteiger partial charge in [0, 0.05) is 0 Å². The Morgan fingerprint density at radius 2 is 1.72 bits per heavy atom. The Hall–Kier alpha value is -1.85. The predicted molar refractivity (Wildman–Crippen MR) is 73.5 cm³/mol. The lowest BCUT2D eigenvalue weighted by atomic mass is 9.86. The molecular weight excluding hydrogens is 220 g/mol. The van der Waals surface area contributed by atoms with E-state index in [1.54, 1.807) is 0 Å². The quantitative estimate of drug-likeness (QED) is 0.825. The average molecular weight is 236 g/mol. The Labute approximate surface area is 107 Å². The largest absolute Gasteiger partial charge is 0.317 e. The van der Waals surface area contributed by atoms with Gasteiger partial charge in [0.2, 0.25) is 0 Å². The fourth-order valence-corrected chi connectivity index (χ4v) is 2.91. The standard InChI is InChI=1S/C16H16N2/c17-11-13-5-6-15(12-7-9-18-10-8-12)16-4-2-1-3-14(13)16/h1-6,12,18H,7-10H2. The number of nitrogens with zero attached hydrogens (tertiary/aromatic N) is 1. The number of hydrogen-bond donors (Lipinski definition) is 1. The fraction of sp³-hybridized carbons (Fsp3) is 0.312. The third kappa shape index (κ3) is 1.87. The number of rotatable bonds is 1. The van der Waals surface area contributed by atoms with E-state index >= 15 is 0 Å². The molecule has 0 bridgehead atoms. The summed E-state index contributed by atoms with van der Waals surface area (Å²) in [4.78, 5) is 0. The van der Waals surface area contributed by atoms with Crippen LogP contribution in [0.1, 0.15) is 29.9 Å². The first kappa shape index (κ1) is 11.3. The van der Waals surface area contributed by atoms with Crippen molar-refractivity contribution in [3.63, 3.8) is 0 Å².